The van der Waals surface area contributed by atoms with Gasteiger partial charge >= 0.3 is 12.3 Å². The summed E-state index contributed by atoms with van der Waals surface area (Å²) < 4.78 is 40.7. The van der Waals surface area contributed by atoms with Gasteiger partial charge in [-0.25, -0.2) is 0 Å². The van der Waals surface area contributed by atoms with E-state index in [0.29, 0.717) is 36.5 Å². The number of ether oxygens (including phenoxy) is 1. The van der Waals surface area contributed by atoms with E-state index in [9.17, 15) is 28.2 Å². The van der Waals surface area contributed by atoms with Crippen molar-refractivity contribution in [2.24, 2.45) is 0 Å². The number of benzene rings is 1. The number of aromatic hydroxyl groups is 1. The van der Waals surface area contributed by atoms with Gasteiger partial charge in [0.05, 0.1) is 5.69 Å². The van der Waals surface area contributed by atoms with Crippen LogP contribution in [0.1, 0.15) is 18.4 Å². The zero-order chi connectivity index (χ0) is 22.1. The first-order valence-corrected chi connectivity index (χ1v) is 9.16. The van der Waals surface area contributed by atoms with Crippen molar-refractivity contribution in [1.82, 2.24) is 15.1 Å². The lowest BCUT2D eigenvalue weighted by Crippen LogP contribution is -2.49. The lowest BCUT2D eigenvalue weighted by molar-refractivity contribution is -0.274. The molecule has 1 fully saturated rings. The van der Waals surface area contributed by atoms with Gasteiger partial charge in [-0.05, 0) is 50.6 Å². The molecule has 1 saturated heterocycles. The van der Waals surface area contributed by atoms with Crippen LogP contribution in [-0.2, 0) is 4.79 Å². The number of hydrogen-bond acceptors (Lipinski definition) is 7. The number of carbonyl (C=O) groups is 1. The van der Waals surface area contributed by atoms with Crippen molar-refractivity contribution in [3.8, 4) is 22.8 Å². The summed E-state index contributed by atoms with van der Waals surface area (Å²) >= 11 is 0. The number of anilines is 1. The summed E-state index contributed by atoms with van der Waals surface area (Å²) in [4.78, 5) is 13.0. The van der Waals surface area contributed by atoms with Gasteiger partial charge in [-0.2, -0.15) is 0 Å². The van der Waals surface area contributed by atoms with Gasteiger partial charge < -0.3 is 20.3 Å². The zero-order valence-electron chi connectivity index (χ0n) is 16.3. The number of alkyl halides is 3. The number of carboxylic acid groups (broad SMARTS) is 1. The molecule has 0 bridgehead atoms. The molecule has 8 nitrogen and oxygen atoms in total. The average molecular weight is 426 g/mol. The number of likely N-dealkylation sites (tertiary alicyclic amines) is 1. The molecule has 30 heavy (non-hydrogen) atoms. The summed E-state index contributed by atoms with van der Waals surface area (Å²) in [6, 6.07) is 4.44. The van der Waals surface area contributed by atoms with Crippen molar-refractivity contribution in [2.75, 3.05) is 18.9 Å². The Morgan fingerprint density at radius 3 is 2.57 bits per heavy atom. The maximum atomic E-state index is 12.3. The van der Waals surface area contributed by atoms with Crippen LogP contribution in [0.4, 0.5) is 19.0 Å². The summed E-state index contributed by atoms with van der Waals surface area (Å²) in [6.07, 6.45) is -3.69. The van der Waals surface area contributed by atoms with E-state index >= 15 is 0 Å². The molecule has 0 amide bonds. The highest BCUT2D eigenvalue weighted by Gasteiger charge is 2.32. The number of rotatable bonds is 5. The number of phenolic OH excluding ortho intramolecular Hbond substituents is 1. The molecule has 11 heteroatoms. The monoisotopic (exact) mass is 426 g/mol. The molecule has 0 aliphatic carbocycles. The van der Waals surface area contributed by atoms with Gasteiger partial charge in [-0.15, -0.1) is 23.4 Å². The predicted molar refractivity (Wildman–Crippen MR) is 101 cm³/mol. The van der Waals surface area contributed by atoms with Crippen molar-refractivity contribution < 1.29 is 32.9 Å². The highest BCUT2D eigenvalue weighted by atomic mass is 19.4. The number of piperidine rings is 1. The van der Waals surface area contributed by atoms with Crippen molar-refractivity contribution >= 4 is 11.8 Å². The fraction of sp³-hybridized carbons (Fsp3) is 0.421. The van der Waals surface area contributed by atoms with E-state index in [2.05, 4.69) is 20.3 Å². The van der Waals surface area contributed by atoms with E-state index in [0.717, 1.165) is 12.1 Å². The number of hydrogen-bond donors (Lipinski definition) is 3. The summed E-state index contributed by atoms with van der Waals surface area (Å²) in [5.74, 6) is -1.31. The first kappa shape index (κ1) is 21.6. The number of aromatic nitrogens is 2. The maximum Gasteiger partial charge on any atom is 0.573 e. The van der Waals surface area contributed by atoms with Gasteiger partial charge in [0.1, 0.15) is 23.4 Å². The maximum absolute atomic E-state index is 12.3. The minimum absolute atomic E-state index is 0.00245. The van der Waals surface area contributed by atoms with Crippen LogP contribution in [0.15, 0.2) is 24.3 Å². The number of carboxylic acids is 1. The summed E-state index contributed by atoms with van der Waals surface area (Å²) in [5.41, 5.74) is 1.20. The number of phenols is 1. The Morgan fingerprint density at radius 2 is 2.00 bits per heavy atom. The summed E-state index contributed by atoms with van der Waals surface area (Å²) in [6.45, 7) is 2.27. The Balaban J connectivity index is 1.72. The van der Waals surface area contributed by atoms with E-state index in [1.54, 1.807) is 24.9 Å². The third-order valence-corrected chi connectivity index (χ3v) is 4.91. The Hall–Kier alpha value is -3.08. The highest BCUT2D eigenvalue weighted by Crippen LogP contribution is 2.35. The molecule has 1 aromatic heterocycles. The lowest BCUT2D eigenvalue weighted by Gasteiger charge is -2.35. The quantitative estimate of drug-likeness (QED) is 0.670. The van der Waals surface area contributed by atoms with Gasteiger partial charge in [-0.1, -0.05) is 0 Å². The van der Waals surface area contributed by atoms with Crippen molar-refractivity contribution in [3.05, 3.63) is 29.8 Å². The van der Waals surface area contributed by atoms with E-state index in [4.69, 9.17) is 0 Å². The molecule has 1 aliphatic heterocycles. The minimum atomic E-state index is -4.85. The molecule has 0 spiro atoms. The van der Waals surface area contributed by atoms with E-state index < -0.39 is 29.9 Å². The molecule has 2 aromatic rings. The molecule has 1 aliphatic rings. The minimum Gasteiger partial charge on any atom is -0.507 e. The van der Waals surface area contributed by atoms with Gasteiger partial charge in [0.2, 0.25) is 0 Å². The Bertz CT molecular complexity index is 938. The molecule has 1 aromatic carbocycles. The largest absolute Gasteiger partial charge is 0.573 e. The van der Waals surface area contributed by atoms with Gasteiger partial charge in [-0.3, -0.25) is 9.69 Å². The first-order chi connectivity index (χ1) is 14.0. The van der Waals surface area contributed by atoms with Crippen LogP contribution in [-0.4, -0.2) is 63.3 Å². The topological polar surface area (TPSA) is 108 Å². The Kier molecular flexibility index (Phi) is 6.01. The van der Waals surface area contributed by atoms with E-state index in [1.165, 1.54) is 6.07 Å². The van der Waals surface area contributed by atoms with Crippen LogP contribution in [0, 0.1) is 6.92 Å². The third kappa shape index (κ3) is 5.09. The second kappa shape index (κ2) is 8.34. The number of aryl methyl sites for hydroxylation is 1. The van der Waals surface area contributed by atoms with Gasteiger partial charge in [0.15, 0.2) is 0 Å². The molecule has 1 unspecified atom stereocenters. The van der Waals surface area contributed by atoms with Crippen LogP contribution < -0.4 is 10.1 Å². The van der Waals surface area contributed by atoms with Gasteiger partial charge in [0.25, 0.3) is 0 Å². The van der Waals surface area contributed by atoms with Crippen molar-refractivity contribution in [3.63, 3.8) is 0 Å². The fourth-order valence-electron chi connectivity index (χ4n) is 3.52. The molecule has 2 atom stereocenters. The van der Waals surface area contributed by atoms with Crippen LogP contribution in [0.25, 0.3) is 11.3 Å². The SMILES string of the molecule is Cc1cc(NC2CC[C@H](C(=O)O)N(C)C2)nnc1-c1ccc(OC(F)(F)F)cc1O. The molecule has 0 saturated carbocycles. The third-order valence-electron chi connectivity index (χ3n) is 4.91. The number of aliphatic carboxylic acids is 1. The second-order valence-corrected chi connectivity index (χ2v) is 7.20. The number of likely N-dealkylation sites (N-methyl/N-ethyl adjacent to an activating group) is 1. The van der Waals surface area contributed by atoms with Crippen LogP contribution in [0.5, 0.6) is 11.5 Å². The van der Waals surface area contributed by atoms with Crippen molar-refractivity contribution in [1.29, 1.82) is 0 Å². The molecule has 3 N–H and O–H groups in total. The average Bonchev–Trinajstić information content (AvgIpc) is 2.61. The van der Waals surface area contributed by atoms with E-state index in [-0.39, 0.29) is 11.6 Å². The number of nitrogens with zero attached hydrogens (tertiary/aromatic N) is 3. The first-order valence-electron chi connectivity index (χ1n) is 9.16. The lowest BCUT2D eigenvalue weighted by atomic mass is 9.99. The smallest absolute Gasteiger partial charge is 0.507 e. The molecule has 162 valence electrons. The normalized spacial score (nSPS) is 20.0. The number of halogens is 3. The molecule has 2 heterocycles. The summed E-state index contributed by atoms with van der Waals surface area (Å²) in [5, 5.41) is 30.7. The van der Waals surface area contributed by atoms with Gasteiger partial charge in [0, 0.05) is 24.2 Å². The van der Waals surface area contributed by atoms with Crippen LogP contribution in [0.2, 0.25) is 0 Å². The second-order valence-electron chi connectivity index (χ2n) is 7.20. The number of nitrogens with one attached hydrogen (secondary N) is 1. The van der Waals surface area contributed by atoms with Crippen LogP contribution >= 0.6 is 0 Å². The molecular formula is C19H21F3N4O4. The van der Waals surface area contributed by atoms with Crippen molar-refractivity contribution in [2.45, 2.75) is 38.2 Å². The zero-order valence-corrected chi connectivity index (χ0v) is 16.3. The summed E-state index contributed by atoms with van der Waals surface area (Å²) in [7, 11) is 1.75. The Morgan fingerprint density at radius 1 is 1.27 bits per heavy atom. The molecular weight excluding hydrogens is 405 g/mol. The standard InChI is InChI=1S/C19H21F3N4O4/c1-10-7-16(23-11-3-6-14(18(28)29)26(2)9-11)24-25-17(10)13-5-4-12(8-15(13)27)30-19(20,21)22/h4-5,7-8,11,14,27H,3,6,9H2,1-2H3,(H,23,24)(H,28,29)/t11?,14-/m1/s1. The van der Waals surface area contributed by atoms with E-state index in [1.807, 2.05) is 0 Å². The fourth-order valence-corrected chi connectivity index (χ4v) is 3.52. The van der Waals surface area contributed by atoms with Crippen LogP contribution in [0.3, 0.4) is 0 Å². The molecule has 3 rings (SSSR count). The Labute approximate surface area is 170 Å². The highest BCUT2D eigenvalue weighted by molar-refractivity contribution is 5.73. The molecule has 0 radical (unpaired) electrons. The predicted octanol–water partition coefficient (Wildman–Crippen LogP) is 3.02.